The van der Waals surface area contributed by atoms with Gasteiger partial charge in [0.05, 0.1) is 11.2 Å². The van der Waals surface area contributed by atoms with E-state index in [0.29, 0.717) is 5.39 Å². The number of amides is 2. The maximum Gasteiger partial charge on any atom is 0.290 e. The van der Waals surface area contributed by atoms with Crippen molar-refractivity contribution in [3.8, 4) is 0 Å². The van der Waals surface area contributed by atoms with Gasteiger partial charge in [-0.15, -0.1) is 0 Å². The van der Waals surface area contributed by atoms with E-state index in [2.05, 4.69) is 26.1 Å². The fourth-order valence-corrected chi connectivity index (χ4v) is 2.33. The number of hydrazine groups is 1. The Morgan fingerprint density at radius 3 is 2.74 bits per heavy atom. The van der Waals surface area contributed by atoms with Crippen molar-refractivity contribution in [1.82, 2.24) is 30.8 Å². The number of para-hydroxylation sites is 1. The molecule has 0 spiro atoms. The number of H-pyrrole nitrogens is 1. The molecule has 0 radical (unpaired) electrons. The Morgan fingerprint density at radius 2 is 2.00 bits per heavy atom. The first-order valence-electron chi connectivity index (χ1n) is 7.08. The summed E-state index contributed by atoms with van der Waals surface area (Å²) in [6.07, 6.45) is 0. The first-order chi connectivity index (χ1) is 11.0. The molecule has 1 aromatic carbocycles. The fourth-order valence-electron chi connectivity index (χ4n) is 2.33. The number of nitrogens with one attached hydrogen (secondary N) is 3. The zero-order chi connectivity index (χ0) is 16.4. The predicted molar refractivity (Wildman–Crippen MR) is 83.4 cm³/mol. The van der Waals surface area contributed by atoms with Crippen LogP contribution in [0, 0.1) is 13.8 Å². The monoisotopic (exact) mass is 312 g/mol. The van der Waals surface area contributed by atoms with Crippen molar-refractivity contribution in [2.75, 3.05) is 0 Å². The van der Waals surface area contributed by atoms with E-state index in [0.717, 1.165) is 16.9 Å². The molecule has 0 bridgehead atoms. The van der Waals surface area contributed by atoms with Gasteiger partial charge in [0, 0.05) is 11.1 Å². The zero-order valence-electron chi connectivity index (χ0n) is 12.8. The SMILES string of the molecule is Cc1cc(C)n(CC(=O)NNC(=O)c2n[nH]c3ccccc23)n1. The summed E-state index contributed by atoms with van der Waals surface area (Å²) in [5.74, 6) is -0.853. The minimum atomic E-state index is -0.482. The Labute approximate surface area is 131 Å². The van der Waals surface area contributed by atoms with Gasteiger partial charge in [-0.05, 0) is 26.0 Å². The van der Waals surface area contributed by atoms with Gasteiger partial charge in [-0.1, -0.05) is 18.2 Å². The molecule has 0 saturated heterocycles. The van der Waals surface area contributed by atoms with E-state index in [1.54, 1.807) is 10.7 Å². The van der Waals surface area contributed by atoms with E-state index in [1.165, 1.54) is 0 Å². The van der Waals surface area contributed by atoms with Crippen molar-refractivity contribution < 1.29 is 9.59 Å². The standard InChI is InChI=1S/C15H16N6O2/c1-9-7-10(2)21(20-9)8-13(22)17-19-15(23)14-11-5-3-4-6-12(11)16-18-14/h3-7H,8H2,1-2H3,(H,16,18)(H,17,22)(H,19,23). The van der Waals surface area contributed by atoms with Crippen LogP contribution in [0.25, 0.3) is 10.9 Å². The lowest BCUT2D eigenvalue weighted by Crippen LogP contribution is -2.43. The zero-order valence-corrected chi connectivity index (χ0v) is 12.8. The fraction of sp³-hybridized carbons (Fsp3) is 0.200. The average molecular weight is 312 g/mol. The van der Waals surface area contributed by atoms with Gasteiger partial charge in [0.1, 0.15) is 6.54 Å². The average Bonchev–Trinajstić information content (AvgIpc) is 3.08. The van der Waals surface area contributed by atoms with E-state index in [9.17, 15) is 9.59 Å². The Morgan fingerprint density at radius 1 is 1.22 bits per heavy atom. The summed E-state index contributed by atoms with van der Waals surface area (Å²) >= 11 is 0. The van der Waals surface area contributed by atoms with Gasteiger partial charge in [-0.25, -0.2) is 0 Å². The molecule has 2 aromatic heterocycles. The van der Waals surface area contributed by atoms with Gasteiger partial charge in [0.15, 0.2) is 5.69 Å². The lowest BCUT2D eigenvalue weighted by Gasteiger charge is -2.07. The Hall–Kier alpha value is -3.16. The number of benzene rings is 1. The van der Waals surface area contributed by atoms with Crippen LogP contribution in [0.15, 0.2) is 30.3 Å². The number of fused-ring (bicyclic) bond motifs is 1. The highest BCUT2D eigenvalue weighted by molar-refractivity contribution is 6.04. The molecule has 8 heteroatoms. The molecule has 0 aliphatic rings. The lowest BCUT2D eigenvalue weighted by molar-refractivity contribution is -0.122. The van der Waals surface area contributed by atoms with Crippen LogP contribution in [0.1, 0.15) is 21.9 Å². The molecule has 23 heavy (non-hydrogen) atoms. The largest absolute Gasteiger partial charge is 0.290 e. The Bertz CT molecular complexity index is 879. The van der Waals surface area contributed by atoms with Crippen LogP contribution >= 0.6 is 0 Å². The molecule has 3 aromatic rings. The second-order valence-electron chi connectivity index (χ2n) is 5.20. The van der Waals surface area contributed by atoms with Crippen molar-refractivity contribution >= 4 is 22.7 Å². The molecule has 118 valence electrons. The molecule has 8 nitrogen and oxygen atoms in total. The van der Waals surface area contributed by atoms with Gasteiger partial charge >= 0.3 is 0 Å². The Balaban J connectivity index is 1.62. The number of hydrogen-bond donors (Lipinski definition) is 3. The van der Waals surface area contributed by atoms with Crippen molar-refractivity contribution in [3.05, 3.63) is 47.4 Å². The highest BCUT2D eigenvalue weighted by atomic mass is 16.2. The molecular weight excluding hydrogens is 296 g/mol. The van der Waals surface area contributed by atoms with Crippen molar-refractivity contribution in [3.63, 3.8) is 0 Å². The quantitative estimate of drug-likeness (QED) is 0.623. The summed E-state index contributed by atoms with van der Waals surface area (Å²) in [5, 5.41) is 11.6. The molecule has 0 aliphatic carbocycles. The summed E-state index contributed by atoms with van der Waals surface area (Å²) in [7, 11) is 0. The molecule has 0 saturated carbocycles. The van der Waals surface area contributed by atoms with Crippen LogP contribution in [0.3, 0.4) is 0 Å². The third-order valence-corrected chi connectivity index (χ3v) is 3.40. The third kappa shape index (κ3) is 3.05. The molecule has 0 aliphatic heterocycles. The molecule has 2 amide bonds. The van der Waals surface area contributed by atoms with E-state index in [-0.39, 0.29) is 18.1 Å². The lowest BCUT2D eigenvalue weighted by atomic mass is 10.2. The van der Waals surface area contributed by atoms with Gasteiger partial charge in [0.2, 0.25) is 0 Å². The van der Waals surface area contributed by atoms with Crippen LogP contribution in [0.5, 0.6) is 0 Å². The topological polar surface area (TPSA) is 105 Å². The van der Waals surface area contributed by atoms with Crippen LogP contribution in [-0.4, -0.2) is 31.8 Å². The molecule has 3 rings (SSSR count). The van der Waals surface area contributed by atoms with Crippen molar-refractivity contribution in [2.45, 2.75) is 20.4 Å². The first kappa shape index (κ1) is 14.8. The van der Waals surface area contributed by atoms with Crippen LogP contribution < -0.4 is 10.9 Å². The molecule has 3 N–H and O–H groups in total. The molecule has 0 atom stereocenters. The number of rotatable bonds is 3. The number of carbonyl (C=O) groups excluding carboxylic acids is 2. The molecule has 0 unspecified atom stereocenters. The van der Waals surface area contributed by atoms with Crippen molar-refractivity contribution in [1.29, 1.82) is 0 Å². The van der Waals surface area contributed by atoms with Crippen LogP contribution in [0.2, 0.25) is 0 Å². The van der Waals surface area contributed by atoms with Gasteiger partial charge in [0.25, 0.3) is 11.8 Å². The Kier molecular flexibility index (Phi) is 3.80. The minimum Gasteiger partial charge on any atom is -0.277 e. The van der Waals surface area contributed by atoms with Gasteiger partial charge < -0.3 is 0 Å². The van der Waals surface area contributed by atoms with Crippen molar-refractivity contribution in [2.24, 2.45) is 0 Å². The van der Waals surface area contributed by atoms with Crippen LogP contribution in [0.4, 0.5) is 0 Å². The molecular formula is C15H16N6O2. The first-order valence-corrected chi connectivity index (χ1v) is 7.08. The highest BCUT2D eigenvalue weighted by Gasteiger charge is 2.14. The van der Waals surface area contributed by atoms with Gasteiger partial charge in [-0.2, -0.15) is 10.2 Å². The van der Waals surface area contributed by atoms with E-state index < -0.39 is 5.91 Å². The maximum absolute atomic E-state index is 12.1. The third-order valence-electron chi connectivity index (χ3n) is 3.40. The molecule has 0 fully saturated rings. The van der Waals surface area contributed by atoms with Crippen LogP contribution in [-0.2, 0) is 11.3 Å². The predicted octanol–water partition coefficient (Wildman–Crippen LogP) is 0.837. The van der Waals surface area contributed by atoms with Gasteiger partial charge in [-0.3, -0.25) is 30.2 Å². The molecule has 2 heterocycles. The minimum absolute atomic E-state index is 0.0290. The number of aromatic amines is 1. The summed E-state index contributed by atoms with van der Waals surface area (Å²) in [5.41, 5.74) is 7.43. The smallest absolute Gasteiger partial charge is 0.277 e. The number of hydrogen-bond acceptors (Lipinski definition) is 4. The number of nitrogens with zero attached hydrogens (tertiary/aromatic N) is 3. The normalized spacial score (nSPS) is 10.7. The second-order valence-corrected chi connectivity index (χ2v) is 5.20. The number of carbonyl (C=O) groups is 2. The highest BCUT2D eigenvalue weighted by Crippen LogP contribution is 2.14. The summed E-state index contributed by atoms with van der Waals surface area (Å²) in [6.45, 7) is 3.74. The van der Waals surface area contributed by atoms with E-state index in [4.69, 9.17) is 0 Å². The second kappa shape index (κ2) is 5.91. The van der Waals surface area contributed by atoms with E-state index >= 15 is 0 Å². The summed E-state index contributed by atoms with van der Waals surface area (Å²) < 4.78 is 1.57. The summed E-state index contributed by atoms with van der Waals surface area (Å²) in [6, 6.07) is 9.14. The van der Waals surface area contributed by atoms with E-state index in [1.807, 2.05) is 38.1 Å². The summed E-state index contributed by atoms with van der Waals surface area (Å²) in [4.78, 5) is 24.0. The number of aryl methyl sites for hydroxylation is 2. The number of aromatic nitrogens is 4. The maximum atomic E-state index is 12.1.